The fourth-order valence-corrected chi connectivity index (χ4v) is 2.09. The maximum Gasteiger partial charge on any atom is 0.166 e. The van der Waals surface area contributed by atoms with Crippen molar-refractivity contribution < 1.29 is 13.9 Å². The van der Waals surface area contributed by atoms with E-state index in [4.69, 9.17) is 9.15 Å². The molecule has 0 amide bonds. The minimum absolute atomic E-state index is 0.0201. The molecule has 0 unspecified atom stereocenters. The number of ether oxygens (including phenoxy) is 1. The number of hydrogen-bond donors (Lipinski definition) is 0. The van der Waals surface area contributed by atoms with Gasteiger partial charge in [-0.25, -0.2) is 0 Å². The van der Waals surface area contributed by atoms with Crippen LogP contribution in [0.1, 0.15) is 42.1 Å². The first-order chi connectivity index (χ1) is 7.02. The van der Waals surface area contributed by atoms with Crippen LogP contribution in [0.25, 0.3) is 0 Å². The minimum atomic E-state index is 0.0201. The molecule has 1 aliphatic carbocycles. The second-order valence-electron chi connectivity index (χ2n) is 4.92. The zero-order valence-electron chi connectivity index (χ0n) is 9.42. The molecule has 0 spiro atoms. The van der Waals surface area contributed by atoms with Crippen LogP contribution in [0, 0.1) is 5.41 Å². The van der Waals surface area contributed by atoms with Crippen LogP contribution in [0.5, 0.6) is 0 Å². The summed E-state index contributed by atoms with van der Waals surface area (Å²) in [4.78, 5) is 11.8. The van der Waals surface area contributed by atoms with Gasteiger partial charge < -0.3 is 9.15 Å². The second-order valence-corrected chi connectivity index (χ2v) is 4.92. The van der Waals surface area contributed by atoms with Crippen LogP contribution in [-0.4, -0.2) is 12.9 Å². The third-order valence-electron chi connectivity index (χ3n) is 2.73. The van der Waals surface area contributed by atoms with Gasteiger partial charge in [0.25, 0.3) is 0 Å². The summed E-state index contributed by atoms with van der Waals surface area (Å²) >= 11 is 0. The molecule has 0 radical (unpaired) electrons. The molecular weight excluding hydrogens is 192 g/mol. The molecule has 1 aliphatic rings. The number of carbonyl (C=O) groups excluding carboxylic acids is 1. The van der Waals surface area contributed by atoms with Crippen LogP contribution in [0.4, 0.5) is 0 Å². The highest BCUT2D eigenvalue weighted by atomic mass is 16.5. The molecule has 2 rings (SSSR count). The van der Waals surface area contributed by atoms with E-state index in [-0.39, 0.29) is 11.2 Å². The fourth-order valence-electron chi connectivity index (χ4n) is 2.09. The van der Waals surface area contributed by atoms with Gasteiger partial charge in [-0.2, -0.15) is 0 Å². The molecule has 0 atom stereocenters. The topological polar surface area (TPSA) is 39.4 Å². The Morgan fingerprint density at radius 2 is 2.20 bits per heavy atom. The molecule has 82 valence electrons. The quantitative estimate of drug-likeness (QED) is 0.749. The Kier molecular flexibility index (Phi) is 2.43. The Bertz CT molecular complexity index is 388. The molecular formula is C12H16O3. The van der Waals surface area contributed by atoms with E-state index in [9.17, 15) is 4.79 Å². The molecule has 1 heterocycles. The number of furan rings is 1. The van der Waals surface area contributed by atoms with Gasteiger partial charge in [0.2, 0.25) is 0 Å². The summed E-state index contributed by atoms with van der Waals surface area (Å²) in [6.45, 7) is 4.61. The van der Waals surface area contributed by atoms with Crippen molar-refractivity contribution in [3.05, 3.63) is 23.2 Å². The van der Waals surface area contributed by atoms with Gasteiger partial charge in [-0.3, -0.25) is 4.79 Å². The zero-order valence-corrected chi connectivity index (χ0v) is 9.42. The first-order valence-corrected chi connectivity index (χ1v) is 5.15. The number of fused-ring (bicyclic) bond motifs is 1. The Morgan fingerprint density at radius 1 is 1.47 bits per heavy atom. The van der Waals surface area contributed by atoms with Gasteiger partial charge in [-0.1, -0.05) is 13.8 Å². The standard InChI is InChI=1S/C12H16O3/c1-12(2)5-10(13)9-4-8(7-14-3)15-11(9)6-12/h4H,5-7H2,1-3H3. The van der Waals surface area contributed by atoms with Crippen molar-refractivity contribution >= 4 is 5.78 Å². The smallest absolute Gasteiger partial charge is 0.166 e. The fraction of sp³-hybridized carbons (Fsp3) is 0.583. The Hall–Kier alpha value is -1.09. The Balaban J connectivity index is 2.34. The molecule has 3 heteroatoms. The summed E-state index contributed by atoms with van der Waals surface area (Å²) in [5.74, 6) is 1.75. The molecule has 3 nitrogen and oxygen atoms in total. The van der Waals surface area contributed by atoms with E-state index in [0.717, 1.165) is 23.5 Å². The van der Waals surface area contributed by atoms with Gasteiger partial charge in [0, 0.05) is 20.0 Å². The van der Waals surface area contributed by atoms with Gasteiger partial charge in [0.15, 0.2) is 5.78 Å². The average molecular weight is 208 g/mol. The summed E-state index contributed by atoms with van der Waals surface area (Å²) < 4.78 is 10.6. The van der Waals surface area contributed by atoms with E-state index in [2.05, 4.69) is 13.8 Å². The Morgan fingerprint density at radius 3 is 2.87 bits per heavy atom. The molecule has 0 bridgehead atoms. The van der Waals surface area contributed by atoms with E-state index >= 15 is 0 Å². The van der Waals surface area contributed by atoms with Crippen LogP contribution in [-0.2, 0) is 17.8 Å². The predicted molar refractivity (Wildman–Crippen MR) is 55.9 cm³/mol. The molecule has 0 aromatic carbocycles. The predicted octanol–water partition coefficient (Wildman–Crippen LogP) is 2.58. The van der Waals surface area contributed by atoms with Crippen LogP contribution >= 0.6 is 0 Å². The Labute approximate surface area is 89.4 Å². The van der Waals surface area contributed by atoms with Gasteiger partial charge in [0.05, 0.1) is 5.56 Å². The van der Waals surface area contributed by atoms with Crippen molar-refractivity contribution in [3.8, 4) is 0 Å². The first kappa shape index (κ1) is 10.4. The summed E-state index contributed by atoms with van der Waals surface area (Å²) in [5.41, 5.74) is 0.771. The SMILES string of the molecule is COCc1cc2c(o1)CC(C)(C)CC2=O. The van der Waals surface area contributed by atoms with Crippen LogP contribution < -0.4 is 0 Å². The third-order valence-corrected chi connectivity index (χ3v) is 2.73. The van der Waals surface area contributed by atoms with E-state index < -0.39 is 0 Å². The van der Waals surface area contributed by atoms with E-state index in [0.29, 0.717) is 13.0 Å². The summed E-state index contributed by atoms with van der Waals surface area (Å²) in [5, 5.41) is 0. The average Bonchev–Trinajstić information content (AvgIpc) is 2.46. The highest BCUT2D eigenvalue weighted by Gasteiger charge is 2.33. The molecule has 0 saturated heterocycles. The van der Waals surface area contributed by atoms with E-state index in [1.165, 1.54) is 0 Å². The van der Waals surface area contributed by atoms with Gasteiger partial charge in [-0.05, 0) is 11.5 Å². The lowest BCUT2D eigenvalue weighted by Gasteiger charge is -2.26. The van der Waals surface area contributed by atoms with Crippen molar-refractivity contribution in [3.63, 3.8) is 0 Å². The third kappa shape index (κ3) is 1.97. The van der Waals surface area contributed by atoms with Crippen LogP contribution in [0.2, 0.25) is 0 Å². The largest absolute Gasteiger partial charge is 0.463 e. The van der Waals surface area contributed by atoms with Crippen LogP contribution in [0.15, 0.2) is 10.5 Å². The molecule has 1 aromatic heterocycles. The lowest BCUT2D eigenvalue weighted by Crippen LogP contribution is -2.25. The number of ketones is 1. The lowest BCUT2D eigenvalue weighted by atomic mass is 9.77. The number of methoxy groups -OCH3 is 1. The maximum atomic E-state index is 11.8. The summed E-state index contributed by atoms with van der Waals surface area (Å²) in [6, 6.07) is 1.82. The van der Waals surface area contributed by atoms with E-state index in [1.54, 1.807) is 7.11 Å². The number of carbonyl (C=O) groups is 1. The van der Waals surface area contributed by atoms with Gasteiger partial charge in [-0.15, -0.1) is 0 Å². The molecule has 0 aliphatic heterocycles. The molecule has 1 aromatic rings. The summed E-state index contributed by atoms with van der Waals surface area (Å²) in [7, 11) is 1.62. The van der Waals surface area contributed by atoms with Crippen molar-refractivity contribution in [2.75, 3.05) is 7.11 Å². The second kappa shape index (κ2) is 3.49. The molecule has 0 N–H and O–H groups in total. The molecule has 15 heavy (non-hydrogen) atoms. The van der Waals surface area contributed by atoms with Crippen molar-refractivity contribution in [1.29, 1.82) is 0 Å². The van der Waals surface area contributed by atoms with Crippen molar-refractivity contribution in [2.24, 2.45) is 5.41 Å². The zero-order chi connectivity index (χ0) is 11.1. The minimum Gasteiger partial charge on any atom is -0.463 e. The lowest BCUT2D eigenvalue weighted by molar-refractivity contribution is 0.0902. The number of rotatable bonds is 2. The normalized spacial score (nSPS) is 19.0. The van der Waals surface area contributed by atoms with E-state index in [1.807, 2.05) is 6.07 Å². The monoisotopic (exact) mass is 208 g/mol. The maximum absolute atomic E-state index is 11.8. The van der Waals surface area contributed by atoms with Gasteiger partial charge in [0.1, 0.15) is 18.1 Å². The number of hydrogen-bond acceptors (Lipinski definition) is 3. The highest BCUT2D eigenvalue weighted by molar-refractivity contribution is 5.98. The highest BCUT2D eigenvalue weighted by Crippen LogP contribution is 2.36. The van der Waals surface area contributed by atoms with Gasteiger partial charge >= 0.3 is 0 Å². The van der Waals surface area contributed by atoms with Crippen LogP contribution in [0.3, 0.4) is 0 Å². The van der Waals surface area contributed by atoms with Crippen molar-refractivity contribution in [2.45, 2.75) is 33.3 Å². The molecule has 0 fully saturated rings. The first-order valence-electron chi connectivity index (χ1n) is 5.15. The van der Waals surface area contributed by atoms with Crippen molar-refractivity contribution in [1.82, 2.24) is 0 Å². The molecule has 0 saturated carbocycles. The number of Topliss-reactive ketones (excluding diaryl/α,β-unsaturated/α-hetero) is 1. The summed E-state index contributed by atoms with van der Waals surface area (Å²) in [6.07, 6.45) is 1.43.